The highest BCUT2D eigenvalue weighted by Gasteiger charge is 2.34. The zero-order chi connectivity index (χ0) is 17.9. The number of aryl methyl sites for hydroxylation is 1. The molecule has 0 bridgehead atoms. The van der Waals surface area contributed by atoms with Crippen molar-refractivity contribution in [3.05, 3.63) is 29.6 Å². The van der Waals surface area contributed by atoms with Crippen molar-refractivity contribution >= 4 is 16.9 Å². The lowest BCUT2D eigenvalue weighted by atomic mass is 9.79. The molecule has 2 aliphatic heterocycles. The molecular weight excluding hydrogens is 330 g/mol. The van der Waals surface area contributed by atoms with Crippen LogP contribution in [0.1, 0.15) is 30.7 Å². The zero-order valence-electron chi connectivity index (χ0n) is 15.3. The SMILES string of the molecule is Cc1nc2ccc(CC(=O)N[C@@H]3CCOC[C@@H]3C3CCOCC3)cc2[nH]1. The Morgan fingerprint density at radius 1 is 1.23 bits per heavy atom. The zero-order valence-corrected chi connectivity index (χ0v) is 15.3. The summed E-state index contributed by atoms with van der Waals surface area (Å²) in [6.07, 6.45) is 3.42. The van der Waals surface area contributed by atoms with E-state index in [0.29, 0.717) is 18.3 Å². The molecule has 2 atom stereocenters. The van der Waals surface area contributed by atoms with Gasteiger partial charge >= 0.3 is 0 Å². The average molecular weight is 357 g/mol. The van der Waals surface area contributed by atoms with Crippen molar-refractivity contribution in [3.8, 4) is 0 Å². The lowest BCUT2D eigenvalue weighted by Crippen LogP contribution is -2.49. The van der Waals surface area contributed by atoms with Crippen molar-refractivity contribution in [2.45, 2.75) is 38.6 Å². The quantitative estimate of drug-likeness (QED) is 0.881. The van der Waals surface area contributed by atoms with Crippen molar-refractivity contribution in [3.63, 3.8) is 0 Å². The summed E-state index contributed by atoms with van der Waals surface area (Å²) in [5.41, 5.74) is 2.93. The Morgan fingerprint density at radius 3 is 2.88 bits per heavy atom. The van der Waals surface area contributed by atoms with Crippen molar-refractivity contribution in [2.75, 3.05) is 26.4 Å². The molecule has 6 nitrogen and oxygen atoms in total. The predicted octanol–water partition coefficient (Wildman–Crippen LogP) is 2.36. The number of hydrogen-bond acceptors (Lipinski definition) is 4. The largest absolute Gasteiger partial charge is 0.381 e. The van der Waals surface area contributed by atoms with Gasteiger partial charge in [-0.15, -0.1) is 0 Å². The van der Waals surface area contributed by atoms with Gasteiger partial charge in [-0.2, -0.15) is 0 Å². The predicted molar refractivity (Wildman–Crippen MR) is 98.9 cm³/mol. The molecule has 3 heterocycles. The van der Waals surface area contributed by atoms with E-state index in [1.165, 1.54) is 0 Å². The summed E-state index contributed by atoms with van der Waals surface area (Å²) in [6, 6.07) is 6.19. The van der Waals surface area contributed by atoms with Gasteiger partial charge in [-0.1, -0.05) is 6.07 Å². The third kappa shape index (κ3) is 3.91. The number of imidazole rings is 1. The molecule has 0 unspecified atom stereocenters. The van der Waals surface area contributed by atoms with Crippen molar-refractivity contribution in [1.82, 2.24) is 15.3 Å². The second-order valence-electron chi connectivity index (χ2n) is 7.50. The Labute approximate surface area is 153 Å². The highest BCUT2D eigenvalue weighted by Crippen LogP contribution is 2.30. The third-order valence-electron chi connectivity index (χ3n) is 5.65. The highest BCUT2D eigenvalue weighted by atomic mass is 16.5. The van der Waals surface area contributed by atoms with E-state index in [2.05, 4.69) is 15.3 Å². The van der Waals surface area contributed by atoms with Crippen LogP contribution in [0.25, 0.3) is 11.0 Å². The maximum Gasteiger partial charge on any atom is 0.224 e. The molecule has 26 heavy (non-hydrogen) atoms. The van der Waals surface area contributed by atoms with Gasteiger partial charge in [0, 0.05) is 31.8 Å². The standard InChI is InChI=1S/C20H27N3O3/c1-13-21-18-3-2-14(10-19(18)22-13)11-20(24)23-17-6-9-26-12-16(17)15-4-7-25-8-5-15/h2-3,10,15-17H,4-9,11-12H2,1H3,(H,21,22)(H,23,24)/t16-,17-/m1/s1. The Hall–Kier alpha value is -1.92. The number of ether oxygens (including phenoxy) is 2. The first-order valence-corrected chi connectivity index (χ1v) is 9.59. The number of aromatic amines is 1. The first kappa shape index (κ1) is 17.5. The summed E-state index contributed by atoms with van der Waals surface area (Å²) >= 11 is 0. The Balaban J connectivity index is 1.40. The van der Waals surface area contributed by atoms with Crippen molar-refractivity contribution in [2.24, 2.45) is 11.8 Å². The number of aromatic nitrogens is 2. The fourth-order valence-corrected chi connectivity index (χ4v) is 4.29. The summed E-state index contributed by atoms with van der Waals surface area (Å²) in [7, 11) is 0. The van der Waals surface area contributed by atoms with Gasteiger partial charge in [0.05, 0.1) is 24.1 Å². The molecule has 1 aromatic heterocycles. The fourth-order valence-electron chi connectivity index (χ4n) is 4.29. The number of nitrogens with zero attached hydrogens (tertiary/aromatic N) is 1. The van der Waals surface area contributed by atoms with Crippen LogP contribution >= 0.6 is 0 Å². The first-order chi connectivity index (χ1) is 12.7. The van der Waals surface area contributed by atoms with Crippen LogP contribution in [-0.4, -0.2) is 48.3 Å². The molecule has 1 aromatic carbocycles. The maximum atomic E-state index is 12.6. The molecule has 2 N–H and O–H groups in total. The summed E-state index contributed by atoms with van der Waals surface area (Å²) in [5, 5.41) is 3.28. The molecule has 2 saturated heterocycles. The number of fused-ring (bicyclic) bond motifs is 1. The number of carbonyl (C=O) groups is 1. The first-order valence-electron chi connectivity index (χ1n) is 9.59. The van der Waals surface area contributed by atoms with E-state index >= 15 is 0 Å². The molecule has 2 fully saturated rings. The summed E-state index contributed by atoms with van der Waals surface area (Å²) < 4.78 is 11.2. The van der Waals surface area contributed by atoms with Gasteiger partial charge in [0.15, 0.2) is 0 Å². The van der Waals surface area contributed by atoms with E-state index < -0.39 is 0 Å². The lowest BCUT2D eigenvalue weighted by Gasteiger charge is -2.39. The maximum absolute atomic E-state index is 12.6. The second-order valence-corrected chi connectivity index (χ2v) is 7.50. The monoisotopic (exact) mass is 357 g/mol. The summed E-state index contributed by atoms with van der Waals surface area (Å²) in [4.78, 5) is 20.3. The molecule has 6 heteroatoms. The van der Waals surface area contributed by atoms with Crippen LogP contribution < -0.4 is 5.32 Å². The van der Waals surface area contributed by atoms with Crippen LogP contribution in [0.3, 0.4) is 0 Å². The highest BCUT2D eigenvalue weighted by molar-refractivity contribution is 5.82. The van der Waals surface area contributed by atoms with Crippen molar-refractivity contribution < 1.29 is 14.3 Å². The van der Waals surface area contributed by atoms with Gasteiger partial charge in [0.25, 0.3) is 0 Å². The normalized spacial score (nSPS) is 24.7. The van der Waals surface area contributed by atoms with Gasteiger partial charge in [-0.25, -0.2) is 4.98 Å². The van der Waals surface area contributed by atoms with Gasteiger partial charge in [0.1, 0.15) is 5.82 Å². The van der Waals surface area contributed by atoms with Gasteiger partial charge in [-0.05, 0) is 49.8 Å². The Kier molecular flexibility index (Phi) is 5.22. The summed E-state index contributed by atoms with van der Waals surface area (Å²) in [5.74, 6) is 1.96. The molecule has 2 aromatic rings. The molecule has 4 rings (SSSR count). The van der Waals surface area contributed by atoms with Crippen LogP contribution in [0.2, 0.25) is 0 Å². The minimum atomic E-state index is 0.0875. The third-order valence-corrected chi connectivity index (χ3v) is 5.65. The number of H-pyrrole nitrogens is 1. The van der Waals surface area contributed by atoms with E-state index in [-0.39, 0.29) is 11.9 Å². The molecule has 140 valence electrons. The fraction of sp³-hybridized carbons (Fsp3) is 0.600. The number of nitrogens with one attached hydrogen (secondary N) is 2. The van der Waals surface area contributed by atoms with Crippen LogP contribution in [-0.2, 0) is 20.7 Å². The van der Waals surface area contributed by atoms with Crippen LogP contribution in [0.15, 0.2) is 18.2 Å². The average Bonchev–Trinajstić information content (AvgIpc) is 3.02. The minimum absolute atomic E-state index is 0.0875. The number of benzene rings is 1. The van der Waals surface area contributed by atoms with E-state index in [0.717, 1.165) is 68.1 Å². The summed E-state index contributed by atoms with van der Waals surface area (Å²) in [6.45, 7) is 5.06. The van der Waals surface area contributed by atoms with E-state index in [1.807, 2.05) is 25.1 Å². The molecule has 2 aliphatic rings. The number of amides is 1. The Bertz CT molecular complexity index is 767. The number of hydrogen-bond donors (Lipinski definition) is 2. The second kappa shape index (κ2) is 7.76. The van der Waals surface area contributed by atoms with Gasteiger partial charge < -0.3 is 19.8 Å². The lowest BCUT2D eigenvalue weighted by molar-refractivity contribution is -0.123. The van der Waals surface area contributed by atoms with Crippen LogP contribution in [0.5, 0.6) is 0 Å². The molecule has 1 amide bonds. The number of carbonyl (C=O) groups excluding carboxylic acids is 1. The van der Waals surface area contributed by atoms with Crippen LogP contribution in [0, 0.1) is 18.8 Å². The number of rotatable bonds is 4. The topological polar surface area (TPSA) is 76.2 Å². The molecule has 0 saturated carbocycles. The molecule has 0 spiro atoms. The molecule has 0 aliphatic carbocycles. The van der Waals surface area contributed by atoms with Crippen LogP contribution in [0.4, 0.5) is 0 Å². The molecule has 0 radical (unpaired) electrons. The van der Waals surface area contributed by atoms with Gasteiger partial charge in [-0.3, -0.25) is 4.79 Å². The Morgan fingerprint density at radius 2 is 2.04 bits per heavy atom. The molecular formula is C20H27N3O3. The van der Waals surface area contributed by atoms with E-state index in [4.69, 9.17) is 9.47 Å². The van der Waals surface area contributed by atoms with Gasteiger partial charge in [0.2, 0.25) is 5.91 Å². The van der Waals surface area contributed by atoms with E-state index in [1.54, 1.807) is 0 Å². The smallest absolute Gasteiger partial charge is 0.224 e. The van der Waals surface area contributed by atoms with E-state index in [9.17, 15) is 4.79 Å². The van der Waals surface area contributed by atoms with Crippen molar-refractivity contribution in [1.29, 1.82) is 0 Å². The minimum Gasteiger partial charge on any atom is -0.381 e.